The molecule has 0 saturated heterocycles. The summed E-state index contributed by atoms with van der Waals surface area (Å²) in [6.45, 7) is 0.133. The summed E-state index contributed by atoms with van der Waals surface area (Å²) in [5.41, 5.74) is 2.10. The summed E-state index contributed by atoms with van der Waals surface area (Å²) < 4.78 is 18.5. The lowest BCUT2D eigenvalue weighted by Crippen LogP contribution is -2.47. The molecule has 0 saturated carbocycles. The van der Waals surface area contributed by atoms with Gasteiger partial charge in [-0.1, -0.05) is 42.5 Å². The van der Waals surface area contributed by atoms with Gasteiger partial charge in [-0.2, -0.15) is 0 Å². The Hall–Kier alpha value is -3.67. The lowest BCUT2D eigenvalue weighted by molar-refractivity contribution is -0.309. The van der Waals surface area contributed by atoms with Gasteiger partial charge in [0.05, 0.1) is 19.1 Å². The van der Waals surface area contributed by atoms with Crippen molar-refractivity contribution in [3.8, 4) is 5.75 Å². The predicted molar refractivity (Wildman–Crippen MR) is 106 cm³/mol. The Morgan fingerprint density at radius 2 is 1.70 bits per heavy atom. The Morgan fingerprint density at radius 1 is 1.03 bits per heavy atom. The number of nitrogens with zero attached hydrogens (tertiary/aromatic N) is 1. The van der Waals surface area contributed by atoms with Crippen LogP contribution in [0.15, 0.2) is 72.8 Å². The molecule has 0 fully saturated rings. The van der Waals surface area contributed by atoms with E-state index in [0.29, 0.717) is 28.0 Å². The second-order valence-electron chi connectivity index (χ2n) is 7.16. The van der Waals surface area contributed by atoms with Crippen molar-refractivity contribution >= 4 is 11.9 Å². The summed E-state index contributed by atoms with van der Waals surface area (Å²) in [7, 11) is 1.54. The van der Waals surface area contributed by atoms with E-state index in [1.54, 1.807) is 67.8 Å². The number of aliphatic carboxylic acids is 1. The maximum atomic E-state index is 13.4. The van der Waals surface area contributed by atoms with Crippen LogP contribution in [-0.4, -0.2) is 23.9 Å². The largest absolute Gasteiger partial charge is 0.549 e. The van der Waals surface area contributed by atoms with Crippen LogP contribution in [0, 0.1) is 5.82 Å². The smallest absolute Gasteiger partial charge is 0.255 e. The highest BCUT2D eigenvalue weighted by Crippen LogP contribution is 2.43. The third kappa shape index (κ3) is 3.52. The molecule has 0 bridgehead atoms. The maximum Gasteiger partial charge on any atom is 0.255 e. The Labute approximate surface area is 173 Å². The highest BCUT2D eigenvalue weighted by Gasteiger charge is 2.41. The monoisotopic (exact) mass is 404 g/mol. The van der Waals surface area contributed by atoms with Crippen LogP contribution in [-0.2, 0) is 11.3 Å². The van der Waals surface area contributed by atoms with Gasteiger partial charge in [-0.05, 0) is 47.0 Å². The molecule has 3 aromatic rings. The van der Waals surface area contributed by atoms with Gasteiger partial charge < -0.3 is 19.5 Å². The van der Waals surface area contributed by atoms with Gasteiger partial charge in [0.1, 0.15) is 11.6 Å². The van der Waals surface area contributed by atoms with Gasteiger partial charge >= 0.3 is 0 Å². The fourth-order valence-electron chi connectivity index (χ4n) is 3.98. The molecule has 0 unspecified atom stereocenters. The average molecular weight is 404 g/mol. The van der Waals surface area contributed by atoms with E-state index >= 15 is 0 Å². The van der Waals surface area contributed by atoms with Crippen molar-refractivity contribution < 1.29 is 23.8 Å². The molecular formula is C24H19FNO4-. The number of benzene rings is 3. The minimum absolute atomic E-state index is 0.133. The summed E-state index contributed by atoms with van der Waals surface area (Å²) in [6, 6.07) is 18.7. The second kappa shape index (κ2) is 7.99. The lowest BCUT2D eigenvalue weighted by Gasteiger charge is -2.43. The molecular weight excluding hydrogens is 385 g/mol. The van der Waals surface area contributed by atoms with Gasteiger partial charge in [-0.25, -0.2) is 4.39 Å². The molecule has 0 radical (unpaired) electrons. The van der Waals surface area contributed by atoms with Gasteiger partial charge in [0.15, 0.2) is 0 Å². The number of hydrogen-bond donors (Lipinski definition) is 0. The molecule has 2 atom stereocenters. The fourth-order valence-corrected chi connectivity index (χ4v) is 3.98. The van der Waals surface area contributed by atoms with Crippen molar-refractivity contribution in [3.05, 3.63) is 101 Å². The van der Waals surface area contributed by atoms with E-state index in [1.807, 2.05) is 0 Å². The fraction of sp³-hybridized carbons (Fsp3) is 0.167. The van der Waals surface area contributed by atoms with E-state index in [-0.39, 0.29) is 18.3 Å². The number of rotatable bonds is 5. The van der Waals surface area contributed by atoms with E-state index in [9.17, 15) is 19.1 Å². The van der Waals surface area contributed by atoms with E-state index in [2.05, 4.69) is 0 Å². The molecule has 1 aliphatic heterocycles. The number of carbonyl (C=O) groups excluding carboxylic acids is 2. The van der Waals surface area contributed by atoms with Crippen molar-refractivity contribution in [1.82, 2.24) is 4.90 Å². The molecule has 1 amide bonds. The summed E-state index contributed by atoms with van der Waals surface area (Å²) in [5, 5.41) is 12.2. The van der Waals surface area contributed by atoms with Crippen molar-refractivity contribution in [3.63, 3.8) is 0 Å². The van der Waals surface area contributed by atoms with Crippen LogP contribution in [0.1, 0.15) is 39.0 Å². The van der Waals surface area contributed by atoms with Crippen LogP contribution in [0.3, 0.4) is 0 Å². The van der Waals surface area contributed by atoms with Gasteiger partial charge in [-0.15, -0.1) is 0 Å². The minimum Gasteiger partial charge on any atom is -0.549 e. The van der Waals surface area contributed by atoms with Gasteiger partial charge in [-0.3, -0.25) is 4.79 Å². The van der Waals surface area contributed by atoms with Crippen LogP contribution in [0.2, 0.25) is 0 Å². The Morgan fingerprint density at radius 3 is 2.33 bits per heavy atom. The maximum absolute atomic E-state index is 13.4. The molecule has 0 spiro atoms. The first-order valence-electron chi connectivity index (χ1n) is 9.48. The first kappa shape index (κ1) is 19.6. The first-order chi connectivity index (χ1) is 14.5. The average Bonchev–Trinajstić information content (AvgIpc) is 2.76. The number of carbonyl (C=O) groups is 2. The number of fused-ring (bicyclic) bond motifs is 1. The van der Waals surface area contributed by atoms with Crippen molar-refractivity contribution in [2.45, 2.75) is 18.5 Å². The third-order valence-corrected chi connectivity index (χ3v) is 5.42. The van der Waals surface area contributed by atoms with Gasteiger partial charge in [0.2, 0.25) is 0 Å². The highest BCUT2D eigenvalue weighted by molar-refractivity contribution is 6.00. The normalized spacial score (nSPS) is 18.1. The number of halogens is 1. The molecule has 6 heteroatoms. The number of methoxy groups -OCH3 is 1. The van der Waals surface area contributed by atoms with E-state index < -0.39 is 17.9 Å². The zero-order chi connectivity index (χ0) is 21.3. The summed E-state index contributed by atoms with van der Waals surface area (Å²) in [6.07, 6.45) is 0. The molecule has 0 aromatic heterocycles. The summed E-state index contributed by atoms with van der Waals surface area (Å²) >= 11 is 0. The number of ether oxygens (including phenoxy) is 1. The standard InChI is InChI=1S/C24H20FNO4/c1-30-18-12-8-16(9-13-18)22-21(24(28)29)19-4-2-3-5-20(19)23(27)26(22)14-15-6-10-17(25)11-7-15/h2-13,21-22H,14H2,1H3,(H,28,29)/p-1/t21-,22-/m0/s1. The van der Waals surface area contributed by atoms with Crippen LogP contribution in [0.25, 0.3) is 0 Å². The van der Waals surface area contributed by atoms with Crippen molar-refractivity contribution in [1.29, 1.82) is 0 Å². The number of carboxylic acids is 1. The Balaban J connectivity index is 1.85. The Kier molecular flexibility index (Phi) is 5.23. The van der Waals surface area contributed by atoms with Gasteiger partial charge in [0, 0.05) is 18.0 Å². The molecule has 4 rings (SSSR count). The van der Waals surface area contributed by atoms with Gasteiger partial charge in [0.25, 0.3) is 5.91 Å². The minimum atomic E-state index is -1.26. The zero-order valence-corrected chi connectivity index (χ0v) is 16.2. The Bertz CT molecular complexity index is 1080. The molecule has 0 aliphatic carbocycles. The molecule has 0 N–H and O–H groups in total. The molecule has 1 aliphatic rings. The first-order valence-corrected chi connectivity index (χ1v) is 9.48. The molecule has 5 nitrogen and oxygen atoms in total. The van der Waals surface area contributed by atoms with Crippen LogP contribution >= 0.6 is 0 Å². The van der Waals surface area contributed by atoms with Crippen LogP contribution in [0.5, 0.6) is 5.75 Å². The zero-order valence-electron chi connectivity index (χ0n) is 16.2. The van der Waals surface area contributed by atoms with E-state index in [4.69, 9.17) is 4.74 Å². The SMILES string of the molecule is COc1ccc([C@H]2[C@@H](C(=O)[O-])c3ccccc3C(=O)N2Cc2ccc(F)cc2)cc1. The topological polar surface area (TPSA) is 69.7 Å². The summed E-state index contributed by atoms with van der Waals surface area (Å²) in [4.78, 5) is 27.1. The molecule has 3 aromatic carbocycles. The van der Waals surface area contributed by atoms with Crippen molar-refractivity contribution in [2.75, 3.05) is 7.11 Å². The van der Waals surface area contributed by atoms with Crippen molar-refractivity contribution in [2.24, 2.45) is 0 Å². The molecule has 152 valence electrons. The molecule has 1 heterocycles. The number of amides is 1. The summed E-state index contributed by atoms with van der Waals surface area (Å²) in [5.74, 6) is -2.36. The number of hydrogen-bond acceptors (Lipinski definition) is 4. The lowest BCUT2D eigenvalue weighted by atomic mass is 9.79. The van der Waals surface area contributed by atoms with E-state index in [0.717, 1.165) is 0 Å². The predicted octanol–water partition coefficient (Wildman–Crippen LogP) is 3.07. The van der Waals surface area contributed by atoms with E-state index in [1.165, 1.54) is 17.0 Å². The van der Waals surface area contributed by atoms with Crippen LogP contribution in [0.4, 0.5) is 4.39 Å². The third-order valence-electron chi connectivity index (χ3n) is 5.42. The molecule has 30 heavy (non-hydrogen) atoms. The quantitative estimate of drug-likeness (QED) is 0.655. The second-order valence-corrected chi connectivity index (χ2v) is 7.16. The number of carboxylic acid groups (broad SMARTS) is 1. The van der Waals surface area contributed by atoms with Crippen LogP contribution < -0.4 is 9.84 Å². The highest BCUT2D eigenvalue weighted by atomic mass is 19.1.